The lowest BCUT2D eigenvalue weighted by Gasteiger charge is -2.24. The molecular formula is C16H25N3O3. The number of likely N-dealkylation sites (tertiary alicyclic amines) is 1. The number of hydrogen-bond acceptors (Lipinski definition) is 4. The highest BCUT2D eigenvalue weighted by Crippen LogP contribution is 2.11. The van der Waals surface area contributed by atoms with Gasteiger partial charge in [0.1, 0.15) is 0 Å². The van der Waals surface area contributed by atoms with Crippen LogP contribution in [0.3, 0.4) is 0 Å². The van der Waals surface area contributed by atoms with Crippen molar-refractivity contribution in [2.75, 3.05) is 19.7 Å². The molecule has 1 aromatic heterocycles. The summed E-state index contributed by atoms with van der Waals surface area (Å²) in [5.41, 5.74) is 1.15. The molecule has 0 aromatic carbocycles. The SMILES string of the molecule is CCCc1cc(C(=O)OCC(=O)N2CCCCCCC2)n[nH]1. The molecule has 22 heavy (non-hydrogen) atoms. The number of amides is 1. The molecule has 2 heterocycles. The van der Waals surface area contributed by atoms with Crippen LogP contribution in [0.5, 0.6) is 0 Å². The molecule has 6 nitrogen and oxygen atoms in total. The molecule has 1 aromatic rings. The smallest absolute Gasteiger partial charge is 0.359 e. The van der Waals surface area contributed by atoms with Crippen molar-refractivity contribution in [3.8, 4) is 0 Å². The van der Waals surface area contributed by atoms with Crippen LogP contribution in [0.25, 0.3) is 0 Å². The van der Waals surface area contributed by atoms with Gasteiger partial charge < -0.3 is 9.64 Å². The molecule has 0 saturated carbocycles. The molecule has 0 atom stereocenters. The quantitative estimate of drug-likeness (QED) is 0.847. The normalized spacial score (nSPS) is 16.0. The number of H-pyrrole nitrogens is 1. The summed E-state index contributed by atoms with van der Waals surface area (Å²) in [5.74, 6) is -0.654. The molecule has 0 bridgehead atoms. The minimum absolute atomic E-state index is 0.112. The summed E-state index contributed by atoms with van der Waals surface area (Å²) in [5, 5.41) is 6.74. The van der Waals surface area contributed by atoms with Crippen LogP contribution in [0.4, 0.5) is 0 Å². The van der Waals surface area contributed by atoms with E-state index in [4.69, 9.17) is 4.74 Å². The zero-order chi connectivity index (χ0) is 15.8. The van der Waals surface area contributed by atoms with Crippen LogP contribution in [0.2, 0.25) is 0 Å². The maximum atomic E-state index is 12.1. The van der Waals surface area contributed by atoms with Crippen molar-refractivity contribution < 1.29 is 14.3 Å². The topological polar surface area (TPSA) is 75.3 Å². The van der Waals surface area contributed by atoms with Crippen LogP contribution >= 0.6 is 0 Å². The van der Waals surface area contributed by atoms with Gasteiger partial charge in [-0.25, -0.2) is 4.79 Å². The van der Waals surface area contributed by atoms with E-state index in [0.717, 1.165) is 57.3 Å². The second-order valence-electron chi connectivity index (χ2n) is 5.75. The van der Waals surface area contributed by atoms with Gasteiger partial charge in [0, 0.05) is 18.8 Å². The number of carbonyl (C=O) groups excluding carboxylic acids is 2. The fraction of sp³-hybridized carbons (Fsp3) is 0.688. The Hall–Kier alpha value is -1.85. The number of carbonyl (C=O) groups is 2. The number of nitrogens with one attached hydrogen (secondary N) is 1. The van der Waals surface area contributed by atoms with Gasteiger partial charge in [-0.1, -0.05) is 32.6 Å². The average molecular weight is 307 g/mol. The van der Waals surface area contributed by atoms with Crippen molar-refractivity contribution in [3.05, 3.63) is 17.5 Å². The molecule has 1 amide bonds. The first-order chi connectivity index (χ1) is 10.7. The van der Waals surface area contributed by atoms with Gasteiger partial charge in [-0.15, -0.1) is 0 Å². The molecule has 1 fully saturated rings. The van der Waals surface area contributed by atoms with E-state index < -0.39 is 5.97 Å². The van der Waals surface area contributed by atoms with Crippen molar-refractivity contribution in [3.63, 3.8) is 0 Å². The van der Waals surface area contributed by atoms with Gasteiger partial charge >= 0.3 is 5.97 Å². The van der Waals surface area contributed by atoms with Gasteiger partial charge in [-0.05, 0) is 25.3 Å². The lowest BCUT2D eigenvalue weighted by Crippen LogP contribution is -2.37. The van der Waals surface area contributed by atoms with Crippen LogP contribution in [-0.2, 0) is 16.0 Å². The third-order valence-corrected chi connectivity index (χ3v) is 3.89. The van der Waals surface area contributed by atoms with Crippen molar-refractivity contribution in [1.29, 1.82) is 0 Å². The summed E-state index contributed by atoms with van der Waals surface area (Å²) in [7, 11) is 0. The Kier molecular flexibility index (Phi) is 6.43. The molecule has 0 spiro atoms. The predicted molar refractivity (Wildman–Crippen MR) is 82.5 cm³/mol. The third-order valence-electron chi connectivity index (χ3n) is 3.89. The molecule has 1 aliphatic heterocycles. The van der Waals surface area contributed by atoms with Crippen LogP contribution in [-0.4, -0.2) is 46.7 Å². The second-order valence-corrected chi connectivity index (χ2v) is 5.75. The first kappa shape index (κ1) is 16.5. The lowest BCUT2D eigenvalue weighted by atomic mass is 10.1. The predicted octanol–water partition coefficient (Wildman–Crippen LogP) is 2.31. The molecule has 6 heteroatoms. The molecule has 0 radical (unpaired) electrons. The van der Waals surface area contributed by atoms with E-state index in [0.29, 0.717) is 0 Å². The number of esters is 1. The number of hydrogen-bond donors (Lipinski definition) is 1. The number of aryl methyl sites for hydroxylation is 1. The molecule has 2 rings (SSSR count). The number of ether oxygens (including phenoxy) is 1. The van der Waals surface area contributed by atoms with Crippen LogP contribution < -0.4 is 0 Å². The fourth-order valence-electron chi connectivity index (χ4n) is 2.65. The highest BCUT2D eigenvalue weighted by atomic mass is 16.5. The molecule has 0 unspecified atom stereocenters. The van der Waals surface area contributed by atoms with Crippen LogP contribution in [0.15, 0.2) is 6.07 Å². The Bertz CT molecular complexity index is 491. The Morgan fingerprint density at radius 2 is 1.91 bits per heavy atom. The number of aromatic nitrogens is 2. The van der Waals surface area contributed by atoms with E-state index in [9.17, 15) is 9.59 Å². The first-order valence-corrected chi connectivity index (χ1v) is 8.20. The molecule has 122 valence electrons. The number of aromatic amines is 1. The summed E-state index contributed by atoms with van der Waals surface area (Å²) < 4.78 is 5.09. The van der Waals surface area contributed by atoms with E-state index in [2.05, 4.69) is 17.1 Å². The van der Waals surface area contributed by atoms with Crippen molar-refractivity contribution >= 4 is 11.9 Å². The first-order valence-electron chi connectivity index (χ1n) is 8.20. The van der Waals surface area contributed by atoms with Gasteiger partial charge in [0.05, 0.1) is 0 Å². The minimum atomic E-state index is -0.543. The monoisotopic (exact) mass is 307 g/mol. The number of nitrogens with zero attached hydrogens (tertiary/aromatic N) is 2. The van der Waals surface area contributed by atoms with Gasteiger partial charge in [0.15, 0.2) is 12.3 Å². The van der Waals surface area contributed by atoms with E-state index in [1.807, 2.05) is 0 Å². The van der Waals surface area contributed by atoms with E-state index >= 15 is 0 Å². The Morgan fingerprint density at radius 1 is 1.23 bits per heavy atom. The highest BCUT2D eigenvalue weighted by Gasteiger charge is 2.18. The third kappa shape index (κ3) is 4.86. The van der Waals surface area contributed by atoms with Crippen molar-refractivity contribution in [1.82, 2.24) is 15.1 Å². The summed E-state index contributed by atoms with van der Waals surface area (Å²) in [6.45, 7) is 3.38. The average Bonchev–Trinajstić information content (AvgIpc) is 2.93. The summed E-state index contributed by atoms with van der Waals surface area (Å²) in [4.78, 5) is 25.8. The molecule has 1 aliphatic rings. The summed E-state index contributed by atoms with van der Waals surface area (Å²) in [6, 6.07) is 1.69. The second kappa shape index (κ2) is 8.56. The molecule has 0 aliphatic carbocycles. The number of rotatable bonds is 5. The molecule has 1 N–H and O–H groups in total. The maximum Gasteiger partial charge on any atom is 0.359 e. The standard InChI is InChI=1S/C16H25N3O3/c1-2-8-13-11-14(18-17-13)16(21)22-12-15(20)19-9-6-4-3-5-7-10-19/h11H,2-10,12H2,1H3,(H,17,18). The van der Waals surface area contributed by atoms with E-state index in [-0.39, 0.29) is 18.2 Å². The highest BCUT2D eigenvalue weighted by molar-refractivity contribution is 5.89. The van der Waals surface area contributed by atoms with Gasteiger partial charge in [-0.3, -0.25) is 9.89 Å². The minimum Gasteiger partial charge on any atom is -0.451 e. The Labute approximate surface area is 131 Å². The van der Waals surface area contributed by atoms with E-state index in [1.165, 1.54) is 6.42 Å². The Balaban J connectivity index is 1.79. The summed E-state index contributed by atoms with van der Waals surface area (Å²) in [6.07, 6.45) is 7.44. The van der Waals surface area contributed by atoms with Crippen molar-refractivity contribution in [2.24, 2.45) is 0 Å². The molecular weight excluding hydrogens is 282 g/mol. The largest absolute Gasteiger partial charge is 0.451 e. The van der Waals surface area contributed by atoms with Crippen molar-refractivity contribution in [2.45, 2.75) is 51.9 Å². The van der Waals surface area contributed by atoms with Gasteiger partial charge in [0.2, 0.25) is 0 Å². The van der Waals surface area contributed by atoms with E-state index in [1.54, 1.807) is 11.0 Å². The molecule has 1 saturated heterocycles. The lowest BCUT2D eigenvalue weighted by molar-refractivity contribution is -0.134. The zero-order valence-corrected chi connectivity index (χ0v) is 13.3. The van der Waals surface area contributed by atoms with Gasteiger partial charge in [-0.2, -0.15) is 5.10 Å². The zero-order valence-electron chi connectivity index (χ0n) is 13.3. The Morgan fingerprint density at radius 3 is 2.59 bits per heavy atom. The maximum absolute atomic E-state index is 12.1. The van der Waals surface area contributed by atoms with Crippen LogP contribution in [0, 0.1) is 0 Å². The fourth-order valence-corrected chi connectivity index (χ4v) is 2.65. The van der Waals surface area contributed by atoms with Gasteiger partial charge in [0.25, 0.3) is 5.91 Å². The summed E-state index contributed by atoms with van der Waals surface area (Å²) >= 11 is 0. The van der Waals surface area contributed by atoms with Crippen LogP contribution in [0.1, 0.15) is 61.6 Å².